The molecule has 0 aliphatic carbocycles. The van der Waals surface area contributed by atoms with Crippen LogP contribution in [-0.4, -0.2) is 50.2 Å². The normalized spacial score (nSPS) is 16.4. The number of ether oxygens (including phenoxy) is 2. The van der Waals surface area contributed by atoms with Crippen LogP contribution in [0.3, 0.4) is 0 Å². The Morgan fingerprint density at radius 2 is 1.68 bits per heavy atom. The standard InChI is InChI=1S/C28H28Cl2IN3O4/c1-17(22-9-7-20(30)15-24(22)32)34-26(18-3-5-19(29)6-4-18)28(36)33(11-12-38-14-13-37-2)25-10-8-21(31)16-23(25)27(34)35/h3-10,15-17,26H,11-14,32H2,1-2H3/t17-,26?/m1/s1. The maximum absolute atomic E-state index is 14.4. The molecule has 0 radical (unpaired) electrons. The van der Waals surface area contributed by atoms with Crippen molar-refractivity contribution in [2.45, 2.75) is 19.0 Å². The number of hydrogen-bond donors (Lipinski definition) is 1. The lowest BCUT2D eigenvalue weighted by atomic mass is 9.97. The summed E-state index contributed by atoms with van der Waals surface area (Å²) in [5.41, 5.74) is 9.08. The third kappa shape index (κ3) is 6.10. The number of methoxy groups -OCH3 is 1. The van der Waals surface area contributed by atoms with Gasteiger partial charge < -0.3 is 25.0 Å². The quantitative estimate of drug-likeness (QED) is 0.169. The number of carbonyl (C=O) groups is 2. The van der Waals surface area contributed by atoms with Gasteiger partial charge in [0.25, 0.3) is 11.8 Å². The number of nitrogens with zero attached hydrogens (tertiary/aromatic N) is 2. The van der Waals surface area contributed by atoms with Gasteiger partial charge in [-0.2, -0.15) is 0 Å². The Morgan fingerprint density at radius 3 is 2.37 bits per heavy atom. The van der Waals surface area contributed by atoms with E-state index in [1.54, 1.807) is 65.4 Å². The predicted molar refractivity (Wildman–Crippen MR) is 159 cm³/mol. The Bertz CT molecular complexity index is 1320. The van der Waals surface area contributed by atoms with Crippen molar-refractivity contribution in [1.82, 2.24) is 4.90 Å². The Hall–Kier alpha value is -2.37. The molecule has 10 heteroatoms. The van der Waals surface area contributed by atoms with Gasteiger partial charge in [-0.15, -0.1) is 0 Å². The van der Waals surface area contributed by atoms with Gasteiger partial charge >= 0.3 is 0 Å². The Kier molecular flexibility index (Phi) is 9.54. The molecular weight excluding hydrogens is 640 g/mol. The van der Waals surface area contributed by atoms with Gasteiger partial charge in [0.1, 0.15) is 6.04 Å². The second kappa shape index (κ2) is 12.7. The lowest BCUT2D eigenvalue weighted by molar-refractivity contribution is -0.124. The van der Waals surface area contributed by atoms with E-state index in [0.717, 1.165) is 3.57 Å². The highest BCUT2D eigenvalue weighted by molar-refractivity contribution is 14.1. The molecule has 1 aliphatic rings. The molecule has 0 bridgehead atoms. The molecule has 3 aromatic rings. The average Bonchev–Trinajstić information content (AvgIpc) is 2.97. The molecule has 2 amide bonds. The molecule has 7 nitrogen and oxygen atoms in total. The summed E-state index contributed by atoms with van der Waals surface area (Å²) in [6.07, 6.45) is 0. The fourth-order valence-electron chi connectivity index (χ4n) is 4.61. The van der Waals surface area contributed by atoms with Gasteiger partial charge in [-0.1, -0.05) is 41.4 Å². The summed E-state index contributed by atoms with van der Waals surface area (Å²) in [5.74, 6) is -0.535. The minimum atomic E-state index is -0.936. The van der Waals surface area contributed by atoms with Crippen LogP contribution in [0.15, 0.2) is 60.7 Å². The average molecular weight is 668 g/mol. The number of nitrogens with two attached hydrogens (primary N) is 1. The monoisotopic (exact) mass is 667 g/mol. The molecule has 4 rings (SSSR count). The van der Waals surface area contributed by atoms with E-state index in [2.05, 4.69) is 22.6 Å². The summed E-state index contributed by atoms with van der Waals surface area (Å²) in [6.45, 7) is 3.25. The SMILES string of the molecule is COCCOCCN1C(=O)C(c2ccc(Cl)cc2)N([C@H](C)c2ccc(Cl)cc2N)C(=O)c2cc(I)ccc21. The summed E-state index contributed by atoms with van der Waals surface area (Å²) in [7, 11) is 1.60. The van der Waals surface area contributed by atoms with E-state index < -0.39 is 12.1 Å². The van der Waals surface area contributed by atoms with Crippen LogP contribution in [0.1, 0.15) is 40.5 Å². The van der Waals surface area contributed by atoms with Gasteiger partial charge in [0, 0.05) is 33.0 Å². The van der Waals surface area contributed by atoms with Gasteiger partial charge in [0.15, 0.2) is 0 Å². The van der Waals surface area contributed by atoms with E-state index in [9.17, 15) is 9.59 Å². The van der Waals surface area contributed by atoms with Crippen molar-refractivity contribution in [2.24, 2.45) is 0 Å². The molecular formula is C28H28Cl2IN3O4. The van der Waals surface area contributed by atoms with Gasteiger partial charge in [-0.25, -0.2) is 0 Å². The number of halogens is 3. The van der Waals surface area contributed by atoms with Crippen molar-refractivity contribution >= 4 is 69.0 Å². The summed E-state index contributed by atoms with van der Waals surface area (Å²) in [4.78, 5) is 32.0. The number of hydrogen-bond acceptors (Lipinski definition) is 5. The summed E-state index contributed by atoms with van der Waals surface area (Å²) < 4.78 is 11.6. The second-order valence-corrected chi connectivity index (χ2v) is 11.0. The number of rotatable bonds is 9. The van der Waals surface area contributed by atoms with Crippen molar-refractivity contribution in [3.8, 4) is 0 Å². The molecule has 3 aromatic carbocycles. The Labute approximate surface area is 245 Å². The molecule has 0 fully saturated rings. The van der Waals surface area contributed by atoms with Crippen LogP contribution in [0.2, 0.25) is 10.0 Å². The third-order valence-electron chi connectivity index (χ3n) is 6.49. The topological polar surface area (TPSA) is 85.1 Å². The van der Waals surface area contributed by atoms with E-state index in [0.29, 0.717) is 51.3 Å². The molecule has 2 atom stereocenters. The van der Waals surface area contributed by atoms with Crippen molar-refractivity contribution in [1.29, 1.82) is 0 Å². The van der Waals surface area contributed by atoms with E-state index in [1.165, 1.54) is 0 Å². The lowest BCUT2D eigenvalue weighted by Crippen LogP contribution is -2.44. The fourth-order valence-corrected chi connectivity index (χ4v) is 5.41. The van der Waals surface area contributed by atoms with Crippen LogP contribution in [0.5, 0.6) is 0 Å². The zero-order chi connectivity index (χ0) is 27.4. The minimum Gasteiger partial charge on any atom is -0.398 e. The summed E-state index contributed by atoms with van der Waals surface area (Å²) in [5, 5.41) is 1.02. The molecule has 38 heavy (non-hydrogen) atoms. The zero-order valence-corrected chi connectivity index (χ0v) is 24.7. The molecule has 2 N–H and O–H groups in total. The maximum atomic E-state index is 14.4. The first-order valence-corrected chi connectivity index (χ1v) is 13.9. The molecule has 1 unspecified atom stereocenters. The van der Waals surface area contributed by atoms with Crippen molar-refractivity contribution in [3.05, 3.63) is 91.0 Å². The van der Waals surface area contributed by atoms with Crippen LogP contribution < -0.4 is 10.6 Å². The first kappa shape index (κ1) is 28.6. The van der Waals surface area contributed by atoms with Crippen molar-refractivity contribution < 1.29 is 19.1 Å². The number of benzene rings is 3. The van der Waals surface area contributed by atoms with Gasteiger partial charge in [-0.05, 0) is 83.1 Å². The van der Waals surface area contributed by atoms with Gasteiger partial charge in [0.2, 0.25) is 0 Å². The fraction of sp³-hybridized carbons (Fsp3) is 0.286. The number of amides is 2. The zero-order valence-electron chi connectivity index (χ0n) is 21.0. The van der Waals surface area contributed by atoms with Gasteiger partial charge in [0.05, 0.1) is 37.1 Å². The Morgan fingerprint density at radius 1 is 0.974 bits per heavy atom. The van der Waals surface area contributed by atoms with Crippen LogP contribution in [-0.2, 0) is 14.3 Å². The first-order valence-electron chi connectivity index (χ1n) is 12.0. The smallest absolute Gasteiger partial charge is 0.257 e. The third-order valence-corrected chi connectivity index (χ3v) is 7.64. The highest BCUT2D eigenvalue weighted by atomic mass is 127. The molecule has 1 heterocycles. The highest BCUT2D eigenvalue weighted by Crippen LogP contribution is 2.41. The minimum absolute atomic E-state index is 0.254. The molecule has 0 saturated heterocycles. The van der Waals surface area contributed by atoms with E-state index in [4.69, 9.17) is 38.4 Å². The largest absolute Gasteiger partial charge is 0.398 e. The van der Waals surface area contributed by atoms with Crippen LogP contribution in [0, 0.1) is 3.57 Å². The van der Waals surface area contributed by atoms with Gasteiger partial charge in [-0.3, -0.25) is 9.59 Å². The Balaban J connectivity index is 1.86. The lowest BCUT2D eigenvalue weighted by Gasteiger charge is -2.36. The summed E-state index contributed by atoms with van der Waals surface area (Å²) >= 11 is 14.5. The van der Waals surface area contributed by atoms with E-state index in [-0.39, 0.29) is 25.0 Å². The predicted octanol–water partition coefficient (Wildman–Crippen LogP) is 6.13. The van der Waals surface area contributed by atoms with Crippen molar-refractivity contribution in [2.75, 3.05) is 44.1 Å². The van der Waals surface area contributed by atoms with Crippen LogP contribution in [0.4, 0.5) is 11.4 Å². The molecule has 0 aromatic heterocycles. The molecule has 0 saturated carbocycles. The van der Waals surface area contributed by atoms with E-state index in [1.807, 2.05) is 19.1 Å². The summed E-state index contributed by atoms with van der Waals surface area (Å²) in [6, 6.07) is 16.2. The first-order chi connectivity index (χ1) is 18.2. The highest BCUT2D eigenvalue weighted by Gasteiger charge is 2.43. The van der Waals surface area contributed by atoms with Crippen LogP contribution in [0.25, 0.3) is 0 Å². The molecule has 1 aliphatic heterocycles. The second-order valence-electron chi connectivity index (χ2n) is 8.87. The van der Waals surface area contributed by atoms with Crippen LogP contribution >= 0.6 is 45.8 Å². The number of fused-ring (bicyclic) bond motifs is 1. The number of carbonyl (C=O) groups excluding carboxylic acids is 2. The molecule has 0 spiro atoms. The van der Waals surface area contributed by atoms with Crippen molar-refractivity contribution in [3.63, 3.8) is 0 Å². The maximum Gasteiger partial charge on any atom is 0.257 e. The van der Waals surface area contributed by atoms with E-state index >= 15 is 0 Å². The molecule has 200 valence electrons. The number of nitrogen functional groups attached to an aromatic ring is 1. The number of anilines is 2.